The van der Waals surface area contributed by atoms with Crippen LogP contribution >= 0.6 is 12.4 Å². The number of piperidine rings is 1. The van der Waals surface area contributed by atoms with Crippen LogP contribution in [0.3, 0.4) is 0 Å². The standard InChI is InChI=1S/C20H24N2O2.ClH/c1-20(10-12-21-13-11-20)15-22-19(23)16-6-5-9-18(14-16)24-17-7-3-2-4-8-17;/h2-9,14,21H,10-13,15H2,1H3,(H,22,23);1H. The molecule has 3 rings (SSSR count). The summed E-state index contributed by atoms with van der Waals surface area (Å²) >= 11 is 0. The van der Waals surface area contributed by atoms with Crippen molar-refractivity contribution in [2.75, 3.05) is 19.6 Å². The van der Waals surface area contributed by atoms with Gasteiger partial charge in [0.15, 0.2) is 0 Å². The lowest BCUT2D eigenvalue weighted by Crippen LogP contribution is -2.42. The van der Waals surface area contributed by atoms with Crippen LogP contribution in [0.5, 0.6) is 11.5 Å². The molecule has 25 heavy (non-hydrogen) atoms. The van der Waals surface area contributed by atoms with E-state index in [4.69, 9.17) is 4.74 Å². The molecule has 0 aromatic heterocycles. The molecular weight excluding hydrogens is 336 g/mol. The van der Waals surface area contributed by atoms with Gasteiger partial charge in [-0.15, -0.1) is 12.4 Å². The lowest BCUT2D eigenvalue weighted by atomic mass is 9.81. The van der Waals surface area contributed by atoms with E-state index in [0.717, 1.165) is 31.7 Å². The van der Waals surface area contributed by atoms with Gasteiger partial charge < -0.3 is 15.4 Å². The Bertz CT molecular complexity index is 685. The van der Waals surface area contributed by atoms with E-state index in [1.807, 2.05) is 48.5 Å². The summed E-state index contributed by atoms with van der Waals surface area (Å²) in [7, 11) is 0. The van der Waals surface area contributed by atoms with Gasteiger partial charge in [0, 0.05) is 12.1 Å². The average Bonchev–Trinajstić information content (AvgIpc) is 2.61. The number of para-hydroxylation sites is 1. The van der Waals surface area contributed by atoms with Gasteiger partial charge in [-0.05, 0) is 61.7 Å². The van der Waals surface area contributed by atoms with Crippen molar-refractivity contribution < 1.29 is 9.53 Å². The first-order valence-electron chi connectivity index (χ1n) is 8.47. The second-order valence-corrected chi connectivity index (χ2v) is 6.69. The maximum absolute atomic E-state index is 12.5. The van der Waals surface area contributed by atoms with Gasteiger partial charge >= 0.3 is 0 Å². The fraction of sp³-hybridized carbons (Fsp3) is 0.350. The molecule has 2 aromatic rings. The molecule has 134 valence electrons. The molecule has 1 aliphatic rings. The highest BCUT2D eigenvalue weighted by molar-refractivity contribution is 5.94. The molecule has 4 nitrogen and oxygen atoms in total. The van der Waals surface area contributed by atoms with Gasteiger partial charge in [0.05, 0.1) is 0 Å². The zero-order valence-electron chi connectivity index (χ0n) is 14.5. The molecule has 1 heterocycles. The Labute approximate surface area is 155 Å². The summed E-state index contributed by atoms with van der Waals surface area (Å²) in [5.74, 6) is 1.38. The summed E-state index contributed by atoms with van der Waals surface area (Å²) in [5, 5.41) is 6.44. The zero-order valence-corrected chi connectivity index (χ0v) is 15.3. The number of ether oxygens (including phenoxy) is 1. The highest BCUT2D eigenvalue weighted by Crippen LogP contribution is 2.27. The molecule has 2 aromatic carbocycles. The van der Waals surface area contributed by atoms with Crippen LogP contribution in [0.25, 0.3) is 0 Å². The number of hydrogen-bond acceptors (Lipinski definition) is 3. The highest BCUT2D eigenvalue weighted by atomic mass is 35.5. The Balaban J connectivity index is 0.00000225. The van der Waals surface area contributed by atoms with Crippen molar-refractivity contribution in [3.63, 3.8) is 0 Å². The van der Waals surface area contributed by atoms with Crippen LogP contribution < -0.4 is 15.4 Å². The quantitative estimate of drug-likeness (QED) is 0.846. The van der Waals surface area contributed by atoms with Crippen LogP contribution in [0.4, 0.5) is 0 Å². The van der Waals surface area contributed by atoms with Gasteiger partial charge in [-0.3, -0.25) is 4.79 Å². The zero-order chi connectivity index (χ0) is 16.8. The predicted octanol–water partition coefficient (Wildman–Crippen LogP) is 4.02. The van der Waals surface area contributed by atoms with Crippen LogP contribution in [0.2, 0.25) is 0 Å². The minimum atomic E-state index is -0.0479. The molecule has 1 fully saturated rings. The first kappa shape index (κ1) is 19.3. The molecule has 0 atom stereocenters. The largest absolute Gasteiger partial charge is 0.457 e. The number of benzene rings is 2. The van der Waals surface area contributed by atoms with E-state index in [-0.39, 0.29) is 23.7 Å². The van der Waals surface area contributed by atoms with Crippen molar-refractivity contribution in [3.05, 3.63) is 60.2 Å². The van der Waals surface area contributed by atoms with Crippen LogP contribution in [0, 0.1) is 5.41 Å². The summed E-state index contributed by atoms with van der Waals surface area (Å²) in [4.78, 5) is 12.5. The number of amides is 1. The molecule has 0 radical (unpaired) electrons. The molecule has 1 amide bonds. The molecule has 0 aliphatic carbocycles. The number of halogens is 1. The van der Waals surface area contributed by atoms with E-state index >= 15 is 0 Å². The molecule has 0 saturated carbocycles. The molecule has 0 unspecified atom stereocenters. The summed E-state index contributed by atoms with van der Waals surface area (Å²) < 4.78 is 5.80. The van der Waals surface area contributed by atoms with E-state index in [1.165, 1.54) is 0 Å². The van der Waals surface area contributed by atoms with Crippen molar-refractivity contribution in [3.8, 4) is 11.5 Å². The van der Waals surface area contributed by atoms with Crippen LogP contribution in [-0.4, -0.2) is 25.5 Å². The number of carbonyl (C=O) groups is 1. The van der Waals surface area contributed by atoms with Crippen molar-refractivity contribution >= 4 is 18.3 Å². The molecule has 0 bridgehead atoms. The third kappa shape index (κ3) is 5.48. The van der Waals surface area contributed by atoms with Crippen LogP contribution in [-0.2, 0) is 0 Å². The Morgan fingerprint density at radius 1 is 1.08 bits per heavy atom. The second-order valence-electron chi connectivity index (χ2n) is 6.69. The number of hydrogen-bond donors (Lipinski definition) is 2. The van der Waals surface area contributed by atoms with Gasteiger partial charge in [0.2, 0.25) is 0 Å². The van der Waals surface area contributed by atoms with Gasteiger partial charge in [-0.2, -0.15) is 0 Å². The normalized spacial score (nSPS) is 15.7. The molecular formula is C20H25ClN2O2. The summed E-state index contributed by atoms with van der Waals surface area (Å²) in [6.45, 7) is 4.99. The predicted molar refractivity (Wildman–Crippen MR) is 103 cm³/mol. The van der Waals surface area contributed by atoms with E-state index in [9.17, 15) is 4.79 Å². The van der Waals surface area contributed by atoms with Gasteiger partial charge in [-0.1, -0.05) is 31.2 Å². The van der Waals surface area contributed by atoms with Crippen LogP contribution in [0.1, 0.15) is 30.1 Å². The monoisotopic (exact) mass is 360 g/mol. The number of rotatable bonds is 5. The first-order valence-corrected chi connectivity index (χ1v) is 8.47. The maximum Gasteiger partial charge on any atom is 0.251 e. The van der Waals surface area contributed by atoms with E-state index in [1.54, 1.807) is 6.07 Å². The van der Waals surface area contributed by atoms with Gasteiger partial charge in [-0.25, -0.2) is 0 Å². The Morgan fingerprint density at radius 2 is 1.76 bits per heavy atom. The third-order valence-corrected chi connectivity index (χ3v) is 4.56. The molecule has 2 N–H and O–H groups in total. The first-order chi connectivity index (χ1) is 11.6. The number of nitrogens with one attached hydrogen (secondary N) is 2. The number of carbonyl (C=O) groups excluding carboxylic acids is 1. The summed E-state index contributed by atoms with van der Waals surface area (Å²) in [6.07, 6.45) is 2.18. The van der Waals surface area contributed by atoms with E-state index < -0.39 is 0 Å². The molecule has 1 saturated heterocycles. The Hall–Kier alpha value is -2.04. The van der Waals surface area contributed by atoms with Crippen molar-refractivity contribution in [1.29, 1.82) is 0 Å². The summed E-state index contributed by atoms with van der Waals surface area (Å²) in [5.41, 5.74) is 0.806. The topological polar surface area (TPSA) is 50.4 Å². The molecule has 5 heteroatoms. The fourth-order valence-corrected chi connectivity index (χ4v) is 2.93. The van der Waals surface area contributed by atoms with E-state index in [0.29, 0.717) is 17.9 Å². The van der Waals surface area contributed by atoms with Gasteiger partial charge in [0.25, 0.3) is 5.91 Å². The smallest absolute Gasteiger partial charge is 0.251 e. The lowest BCUT2D eigenvalue weighted by Gasteiger charge is -2.34. The molecule has 0 spiro atoms. The third-order valence-electron chi connectivity index (χ3n) is 4.56. The lowest BCUT2D eigenvalue weighted by molar-refractivity contribution is 0.0922. The van der Waals surface area contributed by atoms with Crippen molar-refractivity contribution in [2.24, 2.45) is 5.41 Å². The Kier molecular flexibility index (Phi) is 6.85. The summed E-state index contributed by atoms with van der Waals surface area (Å²) in [6, 6.07) is 16.9. The average molecular weight is 361 g/mol. The Morgan fingerprint density at radius 3 is 2.48 bits per heavy atom. The minimum absolute atomic E-state index is 0. The molecule has 1 aliphatic heterocycles. The minimum Gasteiger partial charge on any atom is -0.457 e. The van der Waals surface area contributed by atoms with Crippen LogP contribution in [0.15, 0.2) is 54.6 Å². The highest BCUT2D eigenvalue weighted by Gasteiger charge is 2.27. The maximum atomic E-state index is 12.5. The van der Waals surface area contributed by atoms with Gasteiger partial charge in [0.1, 0.15) is 11.5 Å². The second kappa shape index (κ2) is 8.88. The fourth-order valence-electron chi connectivity index (χ4n) is 2.93. The van der Waals surface area contributed by atoms with Crippen molar-refractivity contribution in [1.82, 2.24) is 10.6 Å². The SMILES string of the molecule is CC1(CNC(=O)c2cccc(Oc3ccccc3)c2)CCNCC1.Cl. The van der Waals surface area contributed by atoms with E-state index in [2.05, 4.69) is 17.6 Å². The van der Waals surface area contributed by atoms with Crippen molar-refractivity contribution in [2.45, 2.75) is 19.8 Å².